The SMILES string of the molecule is COc1ccccc1CC1NC(C(=O)O)CS1. The van der Waals surface area contributed by atoms with Gasteiger partial charge in [0.2, 0.25) is 0 Å². The van der Waals surface area contributed by atoms with Crippen LogP contribution in [0.4, 0.5) is 0 Å². The van der Waals surface area contributed by atoms with Crippen LogP contribution in [0.15, 0.2) is 24.3 Å². The molecule has 1 aromatic carbocycles. The summed E-state index contributed by atoms with van der Waals surface area (Å²) in [5.74, 6) is 0.698. The van der Waals surface area contributed by atoms with Crippen LogP contribution in [0.5, 0.6) is 5.75 Å². The minimum atomic E-state index is -0.778. The van der Waals surface area contributed by atoms with Crippen LogP contribution in [-0.4, -0.2) is 35.4 Å². The average molecular weight is 253 g/mol. The molecular formula is C12H15NO3S. The van der Waals surface area contributed by atoms with Gasteiger partial charge in [0, 0.05) is 12.2 Å². The monoisotopic (exact) mass is 253 g/mol. The van der Waals surface area contributed by atoms with Crippen molar-refractivity contribution in [1.29, 1.82) is 0 Å². The Balaban J connectivity index is 2.00. The Labute approximate surface area is 104 Å². The molecule has 4 nitrogen and oxygen atoms in total. The molecule has 1 heterocycles. The fourth-order valence-corrected chi connectivity index (χ4v) is 3.09. The fraction of sp³-hybridized carbons (Fsp3) is 0.417. The third-order valence-electron chi connectivity index (χ3n) is 2.75. The highest BCUT2D eigenvalue weighted by Gasteiger charge is 2.29. The van der Waals surface area contributed by atoms with E-state index in [1.807, 2.05) is 24.3 Å². The topological polar surface area (TPSA) is 58.6 Å². The summed E-state index contributed by atoms with van der Waals surface area (Å²) in [5.41, 5.74) is 1.10. The van der Waals surface area contributed by atoms with E-state index in [0.29, 0.717) is 5.75 Å². The van der Waals surface area contributed by atoms with Crippen molar-refractivity contribution in [2.24, 2.45) is 0 Å². The molecule has 0 aromatic heterocycles. The fourth-order valence-electron chi connectivity index (χ4n) is 1.86. The summed E-state index contributed by atoms with van der Waals surface area (Å²) < 4.78 is 5.28. The third-order valence-corrected chi connectivity index (χ3v) is 3.98. The largest absolute Gasteiger partial charge is 0.496 e. The van der Waals surface area contributed by atoms with E-state index in [1.54, 1.807) is 18.9 Å². The molecule has 2 rings (SSSR count). The van der Waals surface area contributed by atoms with Gasteiger partial charge < -0.3 is 9.84 Å². The lowest BCUT2D eigenvalue weighted by Gasteiger charge is -2.13. The van der Waals surface area contributed by atoms with Gasteiger partial charge in [-0.2, -0.15) is 0 Å². The van der Waals surface area contributed by atoms with Crippen molar-refractivity contribution >= 4 is 17.7 Å². The maximum absolute atomic E-state index is 10.8. The smallest absolute Gasteiger partial charge is 0.321 e. The lowest BCUT2D eigenvalue weighted by molar-refractivity contribution is -0.138. The van der Waals surface area contributed by atoms with Crippen LogP contribution < -0.4 is 10.1 Å². The number of benzene rings is 1. The standard InChI is InChI=1S/C12H15NO3S/c1-16-10-5-3-2-4-8(10)6-11-13-9(7-17-11)12(14)15/h2-5,9,11,13H,6-7H2,1H3,(H,14,15). The van der Waals surface area contributed by atoms with Gasteiger partial charge in [0.1, 0.15) is 11.8 Å². The van der Waals surface area contributed by atoms with E-state index in [0.717, 1.165) is 17.7 Å². The number of carboxylic acids is 1. The van der Waals surface area contributed by atoms with Crippen LogP contribution in [0.3, 0.4) is 0 Å². The zero-order valence-corrected chi connectivity index (χ0v) is 10.4. The Hall–Kier alpha value is -1.20. The molecule has 0 spiro atoms. The average Bonchev–Trinajstić information content (AvgIpc) is 2.78. The van der Waals surface area contributed by atoms with Crippen molar-refractivity contribution < 1.29 is 14.6 Å². The number of hydrogen-bond acceptors (Lipinski definition) is 4. The molecule has 1 aromatic rings. The second kappa shape index (κ2) is 5.42. The van der Waals surface area contributed by atoms with Crippen LogP contribution in [0.1, 0.15) is 5.56 Å². The Morgan fingerprint density at radius 2 is 2.35 bits per heavy atom. The predicted octanol–water partition coefficient (Wildman–Crippen LogP) is 1.35. The molecule has 0 saturated carbocycles. The molecule has 2 unspecified atom stereocenters. The van der Waals surface area contributed by atoms with E-state index in [2.05, 4.69) is 5.32 Å². The first-order valence-corrected chi connectivity index (χ1v) is 6.48. The third kappa shape index (κ3) is 2.92. The van der Waals surface area contributed by atoms with Crippen LogP contribution in [0.2, 0.25) is 0 Å². The zero-order chi connectivity index (χ0) is 12.3. The lowest BCUT2D eigenvalue weighted by Crippen LogP contribution is -2.37. The van der Waals surface area contributed by atoms with E-state index in [-0.39, 0.29) is 5.37 Å². The number of aliphatic carboxylic acids is 1. The van der Waals surface area contributed by atoms with Gasteiger partial charge in [-0.3, -0.25) is 10.1 Å². The molecule has 0 radical (unpaired) electrons. The van der Waals surface area contributed by atoms with Crippen molar-refractivity contribution in [3.05, 3.63) is 29.8 Å². The quantitative estimate of drug-likeness (QED) is 0.848. The van der Waals surface area contributed by atoms with Crippen LogP contribution in [0.25, 0.3) is 0 Å². The first kappa shape index (κ1) is 12.3. The van der Waals surface area contributed by atoms with Crippen molar-refractivity contribution in [3.63, 3.8) is 0 Å². The summed E-state index contributed by atoms with van der Waals surface area (Å²) >= 11 is 1.65. The second-order valence-electron chi connectivity index (χ2n) is 3.90. The first-order valence-electron chi connectivity index (χ1n) is 5.43. The molecule has 0 amide bonds. The predicted molar refractivity (Wildman–Crippen MR) is 67.5 cm³/mol. The number of methoxy groups -OCH3 is 1. The molecular weight excluding hydrogens is 238 g/mol. The molecule has 0 aliphatic carbocycles. The maximum Gasteiger partial charge on any atom is 0.321 e. The Morgan fingerprint density at radius 3 is 3.00 bits per heavy atom. The molecule has 17 heavy (non-hydrogen) atoms. The summed E-state index contributed by atoms with van der Waals surface area (Å²) in [4.78, 5) is 10.8. The van der Waals surface area contributed by atoms with E-state index in [9.17, 15) is 4.79 Å². The number of hydrogen-bond donors (Lipinski definition) is 2. The first-order chi connectivity index (χ1) is 8.20. The van der Waals surface area contributed by atoms with E-state index in [1.165, 1.54) is 0 Å². The molecule has 0 bridgehead atoms. The van der Waals surface area contributed by atoms with E-state index in [4.69, 9.17) is 9.84 Å². The van der Waals surface area contributed by atoms with Crippen molar-refractivity contribution in [3.8, 4) is 5.75 Å². The van der Waals surface area contributed by atoms with Gasteiger partial charge in [0.15, 0.2) is 0 Å². The molecule has 1 saturated heterocycles. The highest BCUT2D eigenvalue weighted by Crippen LogP contribution is 2.26. The van der Waals surface area contributed by atoms with Gasteiger partial charge in [-0.1, -0.05) is 18.2 Å². The number of para-hydroxylation sites is 1. The second-order valence-corrected chi connectivity index (χ2v) is 5.13. The maximum atomic E-state index is 10.8. The van der Waals surface area contributed by atoms with Gasteiger partial charge in [-0.05, 0) is 11.6 Å². The molecule has 2 N–H and O–H groups in total. The summed E-state index contributed by atoms with van der Waals surface area (Å²) in [6.07, 6.45) is 0.776. The van der Waals surface area contributed by atoms with Crippen molar-refractivity contribution in [2.75, 3.05) is 12.9 Å². The van der Waals surface area contributed by atoms with Gasteiger partial charge in [0.25, 0.3) is 0 Å². The van der Waals surface area contributed by atoms with Crippen LogP contribution >= 0.6 is 11.8 Å². The van der Waals surface area contributed by atoms with Crippen molar-refractivity contribution in [1.82, 2.24) is 5.32 Å². The molecule has 2 atom stereocenters. The Kier molecular flexibility index (Phi) is 3.91. The number of carbonyl (C=O) groups is 1. The minimum Gasteiger partial charge on any atom is -0.496 e. The number of ether oxygens (including phenoxy) is 1. The van der Waals surface area contributed by atoms with Gasteiger partial charge >= 0.3 is 5.97 Å². The molecule has 1 aliphatic rings. The molecule has 1 fully saturated rings. The lowest BCUT2D eigenvalue weighted by atomic mass is 10.1. The molecule has 92 valence electrons. The van der Waals surface area contributed by atoms with Crippen LogP contribution in [-0.2, 0) is 11.2 Å². The number of carboxylic acid groups (broad SMARTS) is 1. The summed E-state index contributed by atoms with van der Waals surface area (Å²) in [5, 5.41) is 12.1. The zero-order valence-electron chi connectivity index (χ0n) is 9.55. The normalized spacial score (nSPS) is 23.6. The Bertz CT molecular complexity index is 410. The Morgan fingerprint density at radius 1 is 1.59 bits per heavy atom. The minimum absolute atomic E-state index is 0.146. The summed E-state index contributed by atoms with van der Waals surface area (Å²) in [6.45, 7) is 0. The van der Waals surface area contributed by atoms with E-state index < -0.39 is 12.0 Å². The number of rotatable bonds is 4. The molecule has 1 aliphatic heterocycles. The highest BCUT2D eigenvalue weighted by molar-refractivity contribution is 8.00. The van der Waals surface area contributed by atoms with Gasteiger partial charge in [0.05, 0.1) is 12.5 Å². The van der Waals surface area contributed by atoms with E-state index >= 15 is 0 Å². The van der Waals surface area contributed by atoms with Crippen molar-refractivity contribution in [2.45, 2.75) is 17.8 Å². The summed E-state index contributed by atoms with van der Waals surface area (Å²) in [6, 6.07) is 7.39. The summed E-state index contributed by atoms with van der Waals surface area (Å²) in [7, 11) is 1.65. The van der Waals surface area contributed by atoms with Crippen LogP contribution in [0, 0.1) is 0 Å². The highest BCUT2D eigenvalue weighted by atomic mass is 32.2. The van der Waals surface area contributed by atoms with Gasteiger partial charge in [-0.15, -0.1) is 11.8 Å². The molecule has 5 heteroatoms. The number of nitrogens with one attached hydrogen (secondary N) is 1. The van der Waals surface area contributed by atoms with Gasteiger partial charge in [-0.25, -0.2) is 0 Å². The number of thioether (sulfide) groups is 1.